The van der Waals surface area contributed by atoms with E-state index in [1.807, 2.05) is 0 Å². The minimum Gasteiger partial charge on any atom is -0.545 e. The third kappa shape index (κ3) is 14.4. The molecule has 4 aromatic heterocycles. The number of carbonyl (C=O) groups excluding carboxylic acids is 2. The Morgan fingerprint density at radius 2 is 0.905 bits per heavy atom. The fourth-order valence-electron chi connectivity index (χ4n) is 8.25. The van der Waals surface area contributed by atoms with Crippen molar-refractivity contribution >= 4 is 87.6 Å². The van der Waals surface area contributed by atoms with E-state index in [1.165, 1.54) is 64.8 Å². The maximum atomic E-state index is 14.0. The van der Waals surface area contributed by atoms with Crippen molar-refractivity contribution in [3.63, 3.8) is 0 Å². The van der Waals surface area contributed by atoms with E-state index < -0.39 is 111 Å². The molecule has 0 fully saturated rings. The van der Waals surface area contributed by atoms with Crippen molar-refractivity contribution in [1.82, 2.24) is 27.9 Å². The minimum absolute atomic E-state index is 0. The molecule has 0 amide bonds. The summed E-state index contributed by atoms with van der Waals surface area (Å²) in [5.74, 6) is -5.67. The number of aryl methyl sites for hydroxylation is 2. The number of hydrogen-bond acceptors (Lipinski definition) is 22. The van der Waals surface area contributed by atoms with Crippen LogP contribution in [0.25, 0.3) is 22.1 Å². The van der Waals surface area contributed by atoms with Crippen LogP contribution in [0.15, 0.2) is 105 Å². The fourth-order valence-corrected chi connectivity index (χ4v) is 14.4. The van der Waals surface area contributed by atoms with Crippen LogP contribution >= 0.6 is 0 Å². The quantitative estimate of drug-likeness (QED) is 0.0634. The number of aromatic nitrogens is 6. The van der Waals surface area contributed by atoms with Crippen LogP contribution in [-0.4, -0.2) is 129 Å². The van der Waals surface area contributed by atoms with E-state index in [0.29, 0.717) is 45.5 Å². The second kappa shape index (κ2) is 28.3. The van der Waals surface area contributed by atoms with Gasteiger partial charge in [-0.15, -0.1) is 0 Å². The van der Waals surface area contributed by atoms with Crippen LogP contribution in [-0.2, 0) is 62.7 Å². The average molecular weight is 1250 g/mol. The molecule has 0 bridgehead atoms. The number of hydrogen-bond donors (Lipinski definition) is 2. The first-order valence-corrected chi connectivity index (χ1v) is 29.1. The Bertz CT molecular complexity index is 3910. The number of aromatic carboxylic acids is 2. The molecule has 0 aliphatic rings. The van der Waals surface area contributed by atoms with Gasteiger partial charge < -0.3 is 58.4 Å². The number of methoxy groups -OCH3 is 4. The molecule has 2 unspecified atom stereocenters. The van der Waals surface area contributed by atoms with Gasteiger partial charge in [-0.2, -0.15) is 0 Å². The van der Waals surface area contributed by atoms with Crippen molar-refractivity contribution in [3.05, 3.63) is 130 Å². The van der Waals surface area contributed by atoms with Crippen LogP contribution in [0.5, 0.6) is 34.5 Å². The van der Waals surface area contributed by atoms with Gasteiger partial charge in [0.15, 0.2) is 13.2 Å². The molecule has 2 atom stereocenters. The van der Waals surface area contributed by atoms with E-state index >= 15 is 0 Å². The SMILES string of the molecule is COc1ccc2c(c1)nc(S(=O)Cc1ncc(C)c(OC)c1C)n2S(=O)(=O)c1ccc(OCC(=O)O)c(C(=O)[O-])c1.COc1ccc2c(c1)nc(S(=O)Cc1ncc(C)c(OC)c1C)n2S(=O)(=O)c1ccc(OCC(=O)O)c(C(=O)[O-])c1.[Na+].[Na+]. The first-order valence-electron chi connectivity index (χ1n) is 23.6. The molecule has 2 N–H and O–H groups in total. The van der Waals surface area contributed by atoms with Gasteiger partial charge >= 0.3 is 71.1 Å². The predicted molar refractivity (Wildman–Crippen MR) is 286 cm³/mol. The zero-order valence-corrected chi connectivity index (χ0v) is 53.7. The molecule has 432 valence electrons. The smallest absolute Gasteiger partial charge is 0.545 e. The molecule has 0 saturated carbocycles. The molecule has 84 heavy (non-hydrogen) atoms. The third-order valence-electron chi connectivity index (χ3n) is 12.1. The van der Waals surface area contributed by atoms with Crippen LogP contribution in [0.1, 0.15) is 54.4 Å². The van der Waals surface area contributed by atoms with Gasteiger partial charge in [0.05, 0.1) is 117 Å². The number of carboxylic acid groups (broad SMARTS) is 4. The molecule has 0 aliphatic heterocycles. The van der Waals surface area contributed by atoms with Crippen molar-refractivity contribution in [2.75, 3.05) is 41.7 Å². The number of fused-ring (bicyclic) bond motifs is 2. The van der Waals surface area contributed by atoms with E-state index in [4.69, 9.17) is 38.6 Å². The summed E-state index contributed by atoms with van der Waals surface area (Å²) in [5.41, 5.74) is 2.64. The minimum atomic E-state index is -4.63. The van der Waals surface area contributed by atoms with Gasteiger partial charge in [-0.1, -0.05) is 0 Å². The molecule has 0 spiro atoms. The van der Waals surface area contributed by atoms with Gasteiger partial charge in [0, 0.05) is 57.9 Å². The summed E-state index contributed by atoms with van der Waals surface area (Å²) < 4.78 is 116. The fraction of sp³-hybridized carbons (Fsp3) is 0.231. The van der Waals surface area contributed by atoms with E-state index in [2.05, 4.69) is 19.9 Å². The largest absolute Gasteiger partial charge is 1.00 e. The molecule has 0 saturated heterocycles. The van der Waals surface area contributed by atoms with Crippen molar-refractivity contribution in [2.45, 2.75) is 59.3 Å². The zero-order chi connectivity index (χ0) is 60.1. The Labute approximate surface area is 528 Å². The summed E-state index contributed by atoms with van der Waals surface area (Å²) in [6.07, 6.45) is 3.11. The van der Waals surface area contributed by atoms with E-state index in [0.717, 1.165) is 55.5 Å². The summed E-state index contributed by atoms with van der Waals surface area (Å²) in [5, 5.41) is 40.6. The van der Waals surface area contributed by atoms with E-state index in [9.17, 15) is 54.6 Å². The van der Waals surface area contributed by atoms with Crippen LogP contribution in [0, 0.1) is 27.7 Å². The summed E-state index contributed by atoms with van der Waals surface area (Å²) in [6.45, 7) is 5.37. The van der Waals surface area contributed by atoms with Crippen LogP contribution in [0.3, 0.4) is 0 Å². The molecule has 26 nitrogen and oxygen atoms in total. The Kier molecular flexibility index (Phi) is 22.8. The first kappa shape index (κ1) is 67.8. The van der Waals surface area contributed by atoms with Gasteiger partial charge in [0.2, 0.25) is 10.3 Å². The number of aliphatic carboxylic acids is 2. The van der Waals surface area contributed by atoms with Crippen LogP contribution in [0.4, 0.5) is 0 Å². The van der Waals surface area contributed by atoms with Crippen molar-refractivity contribution < 1.29 is 152 Å². The normalized spacial score (nSPS) is 11.9. The molecule has 32 heteroatoms. The van der Waals surface area contributed by atoms with Crippen molar-refractivity contribution in [3.8, 4) is 34.5 Å². The number of ether oxygens (including phenoxy) is 6. The second-order valence-corrected chi connectivity index (χ2v) is 23.6. The number of rotatable bonds is 22. The number of imidazole rings is 2. The predicted octanol–water partition coefficient (Wildman–Crippen LogP) is -3.12. The zero-order valence-electron chi connectivity index (χ0n) is 46.5. The molecule has 8 rings (SSSR count). The monoisotopic (exact) mass is 1250 g/mol. The average Bonchev–Trinajstić information content (AvgIpc) is 2.11. The maximum absolute atomic E-state index is 14.0. The Hall–Kier alpha value is -7.00. The van der Waals surface area contributed by atoms with Crippen molar-refractivity contribution in [1.29, 1.82) is 0 Å². The number of carboxylic acids is 4. The third-order valence-corrected chi connectivity index (χ3v) is 18.2. The Morgan fingerprint density at radius 1 is 0.548 bits per heavy atom. The van der Waals surface area contributed by atoms with Crippen LogP contribution in [0.2, 0.25) is 0 Å². The number of nitrogens with zero attached hydrogens (tertiary/aromatic N) is 6. The molecule has 0 aliphatic carbocycles. The maximum Gasteiger partial charge on any atom is 1.00 e. The molecule has 4 aromatic carbocycles. The Balaban J connectivity index is 0.000000300. The van der Waals surface area contributed by atoms with E-state index in [-0.39, 0.29) is 103 Å². The molecular weight excluding hydrogens is 1200 g/mol. The summed E-state index contributed by atoms with van der Waals surface area (Å²) in [4.78, 5) is 61.6. The molecular formula is C52H48N6Na2O20S4. The number of carbonyl (C=O) groups is 4. The first-order chi connectivity index (χ1) is 38.8. The molecule has 4 heterocycles. The summed E-state index contributed by atoms with van der Waals surface area (Å²) in [6, 6.07) is 14.4. The molecule has 0 radical (unpaired) electrons. The van der Waals surface area contributed by atoms with Gasteiger partial charge in [-0.25, -0.2) is 44.3 Å². The molecule has 8 aromatic rings. The van der Waals surface area contributed by atoms with Gasteiger partial charge in [0.25, 0.3) is 20.0 Å². The second-order valence-electron chi connectivity index (χ2n) is 17.4. The van der Waals surface area contributed by atoms with Crippen LogP contribution < -0.4 is 97.7 Å². The van der Waals surface area contributed by atoms with E-state index in [1.54, 1.807) is 40.1 Å². The van der Waals surface area contributed by atoms with Gasteiger partial charge in [-0.3, -0.25) is 18.4 Å². The van der Waals surface area contributed by atoms with Gasteiger partial charge in [0.1, 0.15) is 34.5 Å². The van der Waals surface area contributed by atoms with Gasteiger partial charge in [-0.05, 0) is 88.4 Å². The Morgan fingerprint density at radius 3 is 1.21 bits per heavy atom. The standard InChI is InChI=1S/2C26H25N3O10S2.2Na/c2*1-14-11-27-20(15(2)24(14)38-4)13-40(34)26-28-19-9-16(37-3)5-7-21(19)29(26)41(35,36)17-6-8-22(39-12-23(30)31)18(10-17)25(32)33;;/h2*5-11H,12-13H2,1-4H3,(H,30,31)(H,32,33);;/q;;2*+1/p-2. The summed E-state index contributed by atoms with van der Waals surface area (Å²) >= 11 is 0. The topological polar surface area (TPSA) is 374 Å². The number of pyridine rings is 2. The van der Waals surface area contributed by atoms with Crippen molar-refractivity contribution in [2.24, 2.45) is 0 Å². The summed E-state index contributed by atoms with van der Waals surface area (Å²) in [7, 11) is -7.57. The number of benzene rings is 4.